The number of hydrogen-bond donors (Lipinski definition) is 0. The second-order valence-corrected chi connectivity index (χ2v) is 6.22. The Morgan fingerprint density at radius 2 is 1.04 bits per heavy atom. The molecule has 0 N–H and O–H groups in total. The van der Waals surface area contributed by atoms with E-state index < -0.39 is 10.8 Å². The van der Waals surface area contributed by atoms with Crippen LogP contribution in [0.1, 0.15) is 25.0 Å². The molecule has 0 aromatic heterocycles. The minimum Gasteiger partial charge on any atom is -0.197 e. The molecule has 0 spiro atoms. The van der Waals surface area contributed by atoms with Crippen LogP contribution in [0.5, 0.6) is 0 Å². The lowest BCUT2D eigenvalue weighted by atomic mass is 9.84. The van der Waals surface area contributed by atoms with Gasteiger partial charge in [-0.2, -0.15) is 20.8 Å². The van der Waals surface area contributed by atoms with Crippen LogP contribution >= 0.6 is 0 Å². The Morgan fingerprint density at radius 1 is 0.708 bits per heavy atom. The third kappa shape index (κ3) is 3.86. The van der Waals surface area contributed by atoms with E-state index in [1.807, 2.05) is 74.5 Å². The van der Waals surface area contributed by atoms with Gasteiger partial charge in [0, 0.05) is 0 Å². The topological polar surface area (TPSA) is 72.3 Å². The quantitative estimate of drug-likeness (QED) is 0.741. The fourth-order valence-corrected chi connectivity index (χ4v) is 2.38. The summed E-state index contributed by atoms with van der Waals surface area (Å²) in [7, 11) is 0. The highest BCUT2D eigenvalue weighted by Gasteiger charge is 2.28. The van der Waals surface area contributed by atoms with Crippen molar-refractivity contribution in [2.75, 3.05) is 13.1 Å². The van der Waals surface area contributed by atoms with Crippen LogP contribution in [0, 0.1) is 22.7 Å². The molecule has 0 aliphatic rings. The predicted octanol–water partition coefficient (Wildman–Crippen LogP) is 4.40. The first-order valence-corrected chi connectivity index (χ1v) is 7.81. The molecule has 4 nitrogen and oxygen atoms in total. The molecule has 2 aromatic carbocycles. The minimum atomic E-state index is -0.722. The molecule has 0 amide bonds. The highest BCUT2D eigenvalue weighted by Crippen LogP contribution is 2.25. The highest BCUT2D eigenvalue weighted by atomic mass is 15.1. The van der Waals surface area contributed by atoms with Crippen molar-refractivity contribution in [1.29, 1.82) is 10.5 Å². The van der Waals surface area contributed by atoms with E-state index in [1.54, 1.807) is 0 Å². The summed E-state index contributed by atoms with van der Waals surface area (Å²) < 4.78 is 0. The summed E-state index contributed by atoms with van der Waals surface area (Å²) in [5.41, 5.74) is 0.385. The Labute approximate surface area is 143 Å². The van der Waals surface area contributed by atoms with Crippen molar-refractivity contribution >= 4 is 0 Å². The van der Waals surface area contributed by atoms with E-state index in [1.165, 1.54) is 0 Å². The van der Waals surface area contributed by atoms with Crippen molar-refractivity contribution < 1.29 is 0 Å². The van der Waals surface area contributed by atoms with Gasteiger partial charge in [-0.1, -0.05) is 60.7 Å². The first kappa shape index (κ1) is 17.4. The Balaban J connectivity index is 2.09. The second kappa shape index (κ2) is 7.53. The molecule has 0 fully saturated rings. The Hall–Kier alpha value is -2.98. The van der Waals surface area contributed by atoms with Gasteiger partial charge in [-0.25, -0.2) is 0 Å². The lowest BCUT2D eigenvalue weighted by molar-refractivity contribution is 0.564. The average molecular weight is 316 g/mol. The minimum absolute atomic E-state index is 0.268. The number of hydrogen-bond acceptors (Lipinski definition) is 4. The molecule has 0 aliphatic carbocycles. The lowest BCUT2D eigenvalue weighted by Crippen LogP contribution is -2.25. The van der Waals surface area contributed by atoms with Gasteiger partial charge < -0.3 is 0 Å². The van der Waals surface area contributed by atoms with E-state index in [9.17, 15) is 10.5 Å². The van der Waals surface area contributed by atoms with Crippen LogP contribution < -0.4 is 0 Å². The molecule has 0 saturated heterocycles. The van der Waals surface area contributed by atoms with E-state index >= 15 is 0 Å². The van der Waals surface area contributed by atoms with Crippen LogP contribution in [0.3, 0.4) is 0 Å². The van der Waals surface area contributed by atoms with Crippen LogP contribution in [0.4, 0.5) is 0 Å². The number of rotatable bonds is 6. The monoisotopic (exact) mass is 316 g/mol. The summed E-state index contributed by atoms with van der Waals surface area (Å²) in [6.45, 7) is 4.23. The number of benzene rings is 2. The Kier molecular flexibility index (Phi) is 5.45. The van der Waals surface area contributed by atoms with Gasteiger partial charge in [0.2, 0.25) is 0 Å². The van der Waals surface area contributed by atoms with Gasteiger partial charge in [-0.15, -0.1) is 0 Å². The average Bonchev–Trinajstić information content (AvgIpc) is 2.66. The Morgan fingerprint density at radius 3 is 1.33 bits per heavy atom. The molecule has 2 atom stereocenters. The van der Waals surface area contributed by atoms with Gasteiger partial charge in [0.1, 0.15) is 10.8 Å². The van der Waals surface area contributed by atoms with Crippen molar-refractivity contribution in [1.82, 2.24) is 0 Å². The predicted molar refractivity (Wildman–Crippen MR) is 93.4 cm³/mol. The van der Waals surface area contributed by atoms with Gasteiger partial charge >= 0.3 is 0 Å². The largest absolute Gasteiger partial charge is 0.197 e. The standard InChI is InChI=1S/C20H20N4/c1-19(13-21,17-9-5-3-6-10-17)15-23-24-16-20(2,14-22)18-11-7-4-8-12-18/h3-12H,15-16H2,1-2H3. The van der Waals surface area contributed by atoms with Crippen LogP contribution in [-0.2, 0) is 10.8 Å². The van der Waals surface area contributed by atoms with Gasteiger partial charge in [0.15, 0.2) is 0 Å². The molecule has 2 unspecified atom stereocenters. The zero-order valence-electron chi connectivity index (χ0n) is 14.0. The summed E-state index contributed by atoms with van der Waals surface area (Å²) in [6.07, 6.45) is 0. The smallest absolute Gasteiger partial charge is 0.101 e. The molecule has 0 saturated carbocycles. The highest BCUT2D eigenvalue weighted by molar-refractivity contribution is 5.32. The van der Waals surface area contributed by atoms with Crippen LogP contribution in [0.25, 0.3) is 0 Å². The third-order valence-corrected chi connectivity index (χ3v) is 4.19. The first-order chi connectivity index (χ1) is 11.5. The number of nitrogens with zero attached hydrogens (tertiary/aromatic N) is 4. The maximum absolute atomic E-state index is 9.52. The summed E-state index contributed by atoms with van der Waals surface area (Å²) in [5.74, 6) is 0. The van der Waals surface area contributed by atoms with Gasteiger partial charge in [-0.3, -0.25) is 0 Å². The molecule has 2 rings (SSSR count). The van der Waals surface area contributed by atoms with E-state index in [0.717, 1.165) is 11.1 Å². The summed E-state index contributed by atoms with van der Waals surface area (Å²) in [4.78, 5) is 0. The van der Waals surface area contributed by atoms with Crippen LogP contribution in [0.15, 0.2) is 70.9 Å². The SMILES string of the molecule is CC(C#N)(CN=NCC(C)(C#N)c1ccccc1)c1ccccc1. The van der Waals surface area contributed by atoms with Crippen molar-refractivity contribution in [2.45, 2.75) is 24.7 Å². The molecule has 120 valence electrons. The molecule has 0 heterocycles. The molecule has 2 aromatic rings. The van der Waals surface area contributed by atoms with Gasteiger partial charge in [0.25, 0.3) is 0 Å². The zero-order valence-corrected chi connectivity index (χ0v) is 14.0. The summed E-state index contributed by atoms with van der Waals surface area (Å²) in [5, 5.41) is 27.4. The van der Waals surface area contributed by atoms with E-state index in [4.69, 9.17) is 0 Å². The molecule has 24 heavy (non-hydrogen) atoms. The van der Waals surface area contributed by atoms with Crippen molar-refractivity contribution in [3.63, 3.8) is 0 Å². The van der Waals surface area contributed by atoms with Gasteiger partial charge in [0.05, 0.1) is 25.2 Å². The number of azo groups is 1. The third-order valence-electron chi connectivity index (χ3n) is 4.19. The van der Waals surface area contributed by atoms with Gasteiger partial charge in [-0.05, 0) is 25.0 Å². The van der Waals surface area contributed by atoms with Crippen molar-refractivity contribution in [3.05, 3.63) is 71.8 Å². The molecule has 0 bridgehead atoms. The normalized spacial score (nSPS) is 15.8. The molecule has 0 radical (unpaired) electrons. The molecule has 0 aliphatic heterocycles. The maximum atomic E-state index is 9.52. The maximum Gasteiger partial charge on any atom is 0.101 e. The van der Waals surface area contributed by atoms with Crippen LogP contribution in [0.2, 0.25) is 0 Å². The van der Waals surface area contributed by atoms with E-state index in [2.05, 4.69) is 22.4 Å². The zero-order chi connectivity index (χ0) is 17.5. The summed E-state index contributed by atoms with van der Waals surface area (Å²) in [6, 6.07) is 23.8. The van der Waals surface area contributed by atoms with Crippen molar-refractivity contribution in [2.24, 2.45) is 10.2 Å². The fourth-order valence-electron chi connectivity index (χ4n) is 2.38. The van der Waals surface area contributed by atoms with Crippen molar-refractivity contribution in [3.8, 4) is 12.1 Å². The second-order valence-electron chi connectivity index (χ2n) is 6.22. The number of nitriles is 2. The van der Waals surface area contributed by atoms with E-state index in [0.29, 0.717) is 0 Å². The summed E-state index contributed by atoms with van der Waals surface area (Å²) >= 11 is 0. The molecule has 4 heteroatoms. The molecular weight excluding hydrogens is 296 g/mol. The fraction of sp³-hybridized carbons (Fsp3) is 0.300. The first-order valence-electron chi connectivity index (χ1n) is 7.81. The van der Waals surface area contributed by atoms with E-state index in [-0.39, 0.29) is 13.1 Å². The molecular formula is C20H20N4. The lowest BCUT2D eigenvalue weighted by Gasteiger charge is -2.20. The Bertz CT molecular complexity index is 703. The van der Waals surface area contributed by atoms with Crippen LogP contribution in [-0.4, -0.2) is 13.1 Å².